The van der Waals surface area contributed by atoms with Crippen molar-refractivity contribution in [2.24, 2.45) is 0 Å². The molecule has 0 aliphatic carbocycles. The van der Waals surface area contributed by atoms with E-state index in [9.17, 15) is 4.79 Å². The maximum absolute atomic E-state index is 11.3. The van der Waals surface area contributed by atoms with Crippen LogP contribution in [0.4, 0.5) is 5.69 Å². The summed E-state index contributed by atoms with van der Waals surface area (Å²) in [5, 5.41) is 3.92. The van der Waals surface area contributed by atoms with Gasteiger partial charge in [0.1, 0.15) is 0 Å². The average Bonchev–Trinajstić information content (AvgIpc) is 2.38. The summed E-state index contributed by atoms with van der Waals surface area (Å²) >= 11 is 6.03. The highest BCUT2D eigenvalue weighted by atomic mass is 35.5. The van der Waals surface area contributed by atoms with Crippen molar-refractivity contribution in [1.29, 1.82) is 0 Å². The summed E-state index contributed by atoms with van der Waals surface area (Å²) in [5.41, 5.74) is 2.65. The Bertz CT molecular complexity index is 455. The molecule has 0 amide bonds. The molecule has 0 bridgehead atoms. The van der Waals surface area contributed by atoms with Crippen molar-refractivity contribution >= 4 is 23.3 Å². The molecule has 0 fully saturated rings. The van der Waals surface area contributed by atoms with Crippen LogP contribution in [0, 0.1) is 6.92 Å². The standard InChI is InChI=1S/C14H18ClNO2/c1-4-11(14(17)18-3)7-8-16-12-6-5-10(2)13(15)9-12/h5-7,9,16H,4,8H2,1-3H3/b11-7-. The minimum atomic E-state index is -0.277. The lowest BCUT2D eigenvalue weighted by Crippen LogP contribution is -2.07. The summed E-state index contributed by atoms with van der Waals surface area (Å²) in [6.07, 6.45) is 2.49. The number of carbonyl (C=O) groups excluding carboxylic acids is 1. The Balaban J connectivity index is 2.62. The minimum Gasteiger partial charge on any atom is -0.466 e. The van der Waals surface area contributed by atoms with Gasteiger partial charge in [0, 0.05) is 22.8 Å². The highest BCUT2D eigenvalue weighted by Crippen LogP contribution is 2.19. The molecular weight excluding hydrogens is 250 g/mol. The van der Waals surface area contributed by atoms with Gasteiger partial charge in [0.05, 0.1) is 7.11 Å². The fraction of sp³-hybridized carbons (Fsp3) is 0.357. The number of methoxy groups -OCH3 is 1. The average molecular weight is 268 g/mol. The van der Waals surface area contributed by atoms with Crippen molar-refractivity contribution in [2.75, 3.05) is 19.0 Å². The quantitative estimate of drug-likeness (QED) is 0.655. The maximum atomic E-state index is 11.3. The van der Waals surface area contributed by atoms with Gasteiger partial charge < -0.3 is 10.1 Å². The van der Waals surface area contributed by atoms with Gasteiger partial charge in [-0.3, -0.25) is 0 Å². The Kier molecular flexibility index (Phi) is 5.72. The second kappa shape index (κ2) is 7.07. The zero-order chi connectivity index (χ0) is 13.5. The van der Waals surface area contributed by atoms with Gasteiger partial charge in [-0.25, -0.2) is 4.79 Å². The van der Waals surface area contributed by atoms with E-state index in [0.29, 0.717) is 18.5 Å². The first-order valence-corrected chi connectivity index (χ1v) is 6.23. The van der Waals surface area contributed by atoms with Crippen LogP contribution in [-0.2, 0) is 9.53 Å². The van der Waals surface area contributed by atoms with E-state index in [2.05, 4.69) is 10.1 Å². The van der Waals surface area contributed by atoms with Crippen molar-refractivity contribution in [2.45, 2.75) is 20.3 Å². The highest BCUT2D eigenvalue weighted by Gasteiger charge is 2.05. The van der Waals surface area contributed by atoms with Crippen molar-refractivity contribution in [1.82, 2.24) is 0 Å². The number of benzene rings is 1. The molecule has 0 unspecified atom stereocenters. The number of anilines is 1. The zero-order valence-electron chi connectivity index (χ0n) is 10.9. The van der Waals surface area contributed by atoms with Crippen LogP contribution in [-0.4, -0.2) is 19.6 Å². The van der Waals surface area contributed by atoms with Crippen molar-refractivity contribution in [3.8, 4) is 0 Å². The number of carbonyl (C=O) groups is 1. The molecule has 1 aromatic carbocycles. The molecule has 98 valence electrons. The summed E-state index contributed by atoms with van der Waals surface area (Å²) in [6, 6.07) is 5.78. The third-order valence-electron chi connectivity index (χ3n) is 2.65. The van der Waals surface area contributed by atoms with Gasteiger partial charge in [0.25, 0.3) is 0 Å². The topological polar surface area (TPSA) is 38.3 Å². The second-order valence-electron chi connectivity index (χ2n) is 3.92. The smallest absolute Gasteiger partial charge is 0.333 e. The first-order chi connectivity index (χ1) is 8.58. The molecule has 0 aliphatic rings. The number of esters is 1. The van der Waals surface area contributed by atoms with Crippen molar-refractivity contribution in [3.05, 3.63) is 40.4 Å². The van der Waals surface area contributed by atoms with Crippen molar-refractivity contribution in [3.63, 3.8) is 0 Å². The molecule has 1 aromatic rings. The minimum absolute atomic E-state index is 0.277. The van der Waals surface area contributed by atoms with Crippen LogP contribution < -0.4 is 5.32 Å². The Morgan fingerprint density at radius 1 is 1.50 bits per heavy atom. The highest BCUT2D eigenvalue weighted by molar-refractivity contribution is 6.31. The molecule has 0 aliphatic heterocycles. The van der Waals surface area contributed by atoms with Crippen LogP contribution in [0.1, 0.15) is 18.9 Å². The van der Waals surface area contributed by atoms with E-state index in [-0.39, 0.29) is 5.97 Å². The second-order valence-corrected chi connectivity index (χ2v) is 4.33. The number of hydrogen-bond acceptors (Lipinski definition) is 3. The fourth-order valence-corrected chi connectivity index (χ4v) is 1.68. The molecule has 0 atom stereocenters. The Morgan fingerprint density at radius 2 is 2.22 bits per heavy atom. The molecule has 0 saturated carbocycles. The van der Waals surface area contributed by atoms with Crippen LogP contribution in [0.3, 0.4) is 0 Å². The Morgan fingerprint density at radius 3 is 2.78 bits per heavy atom. The van der Waals surface area contributed by atoms with E-state index in [1.165, 1.54) is 7.11 Å². The normalized spacial score (nSPS) is 11.2. The SMILES string of the molecule is CC/C(=C/CNc1ccc(C)c(Cl)c1)C(=O)OC. The molecule has 0 heterocycles. The summed E-state index contributed by atoms with van der Waals surface area (Å²) in [7, 11) is 1.39. The van der Waals surface area contributed by atoms with Crippen LogP contribution in [0.25, 0.3) is 0 Å². The van der Waals surface area contributed by atoms with Gasteiger partial charge in [0.15, 0.2) is 0 Å². The molecule has 18 heavy (non-hydrogen) atoms. The molecule has 1 N–H and O–H groups in total. The van der Waals surface area contributed by atoms with Crippen LogP contribution in [0.2, 0.25) is 5.02 Å². The number of aryl methyl sites for hydroxylation is 1. The number of nitrogens with one attached hydrogen (secondary N) is 1. The van der Waals surface area contributed by atoms with E-state index in [4.69, 9.17) is 11.6 Å². The summed E-state index contributed by atoms with van der Waals surface area (Å²) in [4.78, 5) is 11.3. The largest absolute Gasteiger partial charge is 0.466 e. The van der Waals surface area contributed by atoms with Gasteiger partial charge in [-0.15, -0.1) is 0 Å². The zero-order valence-corrected chi connectivity index (χ0v) is 11.7. The lowest BCUT2D eigenvalue weighted by Gasteiger charge is -2.07. The fourth-order valence-electron chi connectivity index (χ4n) is 1.50. The Labute approximate surface area is 113 Å². The van der Waals surface area contributed by atoms with E-state index in [1.54, 1.807) is 0 Å². The molecule has 1 rings (SSSR count). The lowest BCUT2D eigenvalue weighted by atomic mass is 10.2. The van der Waals surface area contributed by atoms with E-state index >= 15 is 0 Å². The third kappa shape index (κ3) is 4.08. The predicted molar refractivity (Wildman–Crippen MR) is 75.1 cm³/mol. The summed E-state index contributed by atoms with van der Waals surface area (Å²) in [6.45, 7) is 4.45. The van der Waals surface area contributed by atoms with Crippen molar-refractivity contribution < 1.29 is 9.53 Å². The molecule has 0 radical (unpaired) electrons. The molecular formula is C14H18ClNO2. The van der Waals surface area contributed by atoms with E-state index < -0.39 is 0 Å². The summed E-state index contributed by atoms with van der Waals surface area (Å²) in [5.74, 6) is -0.277. The van der Waals surface area contributed by atoms with Gasteiger partial charge in [0.2, 0.25) is 0 Å². The van der Waals surface area contributed by atoms with E-state index in [1.807, 2.05) is 38.1 Å². The van der Waals surface area contributed by atoms with Gasteiger partial charge in [-0.2, -0.15) is 0 Å². The monoisotopic (exact) mass is 267 g/mol. The first-order valence-electron chi connectivity index (χ1n) is 5.85. The Hall–Kier alpha value is -1.48. The molecule has 3 nitrogen and oxygen atoms in total. The molecule has 0 aromatic heterocycles. The predicted octanol–water partition coefficient (Wildman–Crippen LogP) is 3.57. The molecule has 4 heteroatoms. The van der Waals surface area contributed by atoms with Crippen LogP contribution in [0.5, 0.6) is 0 Å². The van der Waals surface area contributed by atoms with Gasteiger partial charge in [-0.1, -0.05) is 30.7 Å². The molecule has 0 saturated heterocycles. The number of ether oxygens (including phenoxy) is 1. The van der Waals surface area contributed by atoms with Crippen LogP contribution >= 0.6 is 11.6 Å². The number of rotatable bonds is 5. The summed E-state index contributed by atoms with van der Waals surface area (Å²) < 4.78 is 4.68. The lowest BCUT2D eigenvalue weighted by molar-refractivity contribution is -0.136. The number of hydrogen-bond donors (Lipinski definition) is 1. The van der Waals surface area contributed by atoms with Crippen LogP contribution in [0.15, 0.2) is 29.8 Å². The van der Waals surface area contributed by atoms with E-state index in [0.717, 1.165) is 16.3 Å². The third-order valence-corrected chi connectivity index (χ3v) is 3.06. The van der Waals surface area contributed by atoms with Gasteiger partial charge in [-0.05, 0) is 31.0 Å². The maximum Gasteiger partial charge on any atom is 0.333 e. The molecule has 0 spiro atoms. The number of halogens is 1. The van der Waals surface area contributed by atoms with Gasteiger partial charge >= 0.3 is 5.97 Å². The first kappa shape index (κ1) is 14.6.